The molecule has 184 valence electrons. The van der Waals surface area contributed by atoms with E-state index in [1.807, 2.05) is 56.3 Å². The molecule has 7 heteroatoms. The van der Waals surface area contributed by atoms with Crippen molar-refractivity contribution in [3.05, 3.63) is 113 Å². The van der Waals surface area contributed by atoms with Gasteiger partial charge in [-0.1, -0.05) is 36.4 Å². The van der Waals surface area contributed by atoms with Crippen LogP contribution in [0.15, 0.2) is 78.9 Å². The van der Waals surface area contributed by atoms with Crippen LogP contribution in [-0.2, 0) is 17.9 Å². The maximum absolute atomic E-state index is 14.0. The van der Waals surface area contributed by atoms with Crippen molar-refractivity contribution in [3.63, 3.8) is 0 Å². The van der Waals surface area contributed by atoms with Gasteiger partial charge in [0.25, 0.3) is 0 Å². The summed E-state index contributed by atoms with van der Waals surface area (Å²) in [6, 6.07) is 21.8. The third-order valence-corrected chi connectivity index (χ3v) is 5.63. The van der Waals surface area contributed by atoms with E-state index in [0.717, 1.165) is 28.1 Å². The number of hydrogen-bond acceptors (Lipinski definition) is 4. The lowest BCUT2D eigenvalue weighted by Crippen LogP contribution is -2.10. The first kappa shape index (κ1) is 24.7. The zero-order chi connectivity index (χ0) is 25.5. The van der Waals surface area contributed by atoms with Crippen molar-refractivity contribution in [3.8, 4) is 11.5 Å². The minimum absolute atomic E-state index is 0.281. The summed E-state index contributed by atoms with van der Waals surface area (Å²) in [7, 11) is 1.61. The molecule has 3 aromatic carbocycles. The molecule has 0 fully saturated rings. The maximum atomic E-state index is 14.0. The number of aryl methyl sites for hydroxylation is 2. The highest BCUT2D eigenvalue weighted by Gasteiger charge is 2.10. The molecule has 0 aliphatic heterocycles. The molecule has 0 bridgehead atoms. The van der Waals surface area contributed by atoms with Gasteiger partial charge in [-0.25, -0.2) is 4.39 Å². The van der Waals surface area contributed by atoms with Crippen LogP contribution in [0.5, 0.6) is 11.5 Å². The Morgan fingerprint density at radius 3 is 2.64 bits per heavy atom. The summed E-state index contributed by atoms with van der Waals surface area (Å²) in [6.07, 6.45) is 3.16. The van der Waals surface area contributed by atoms with Crippen LogP contribution in [-0.4, -0.2) is 22.8 Å². The minimum Gasteiger partial charge on any atom is -0.496 e. The first-order chi connectivity index (χ1) is 17.4. The van der Waals surface area contributed by atoms with Crippen LogP contribution in [0, 0.1) is 19.7 Å². The molecule has 1 aromatic heterocycles. The average molecular weight is 486 g/mol. The van der Waals surface area contributed by atoms with Crippen molar-refractivity contribution in [2.45, 2.75) is 27.0 Å². The fourth-order valence-corrected chi connectivity index (χ4v) is 3.74. The molecule has 4 rings (SSSR count). The van der Waals surface area contributed by atoms with E-state index in [0.29, 0.717) is 23.7 Å². The maximum Gasteiger partial charge on any atom is 0.249 e. The Kier molecular flexibility index (Phi) is 7.80. The summed E-state index contributed by atoms with van der Waals surface area (Å²) in [6.45, 7) is 4.48. The molecule has 0 atom stereocenters. The van der Waals surface area contributed by atoms with Gasteiger partial charge in [0.05, 0.1) is 13.7 Å². The molecule has 1 N–H and O–H groups in total. The monoisotopic (exact) mass is 485 g/mol. The average Bonchev–Trinajstić information content (AvgIpc) is 3.21. The van der Waals surface area contributed by atoms with Crippen molar-refractivity contribution in [1.29, 1.82) is 0 Å². The number of nitrogens with zero attached hydrogens (tertiary/aromatic N) is 2. The number of amides is 1. The van der Waals surface area contributed by atoms with Gasteiger partial charge in [-0.15, -0.1) is 0 Å². The number of carbonyl (C=O) groups excluding carboxylic acids is 1. The molecule has 0 spiro atoms. The Bertz CT molecular complexity index is 1390. The molecule has 0 unspecified atom stereocenters. The van der Waals surface area contributed by atoms with Crippen molar-refractivity contribution in [2.75, 3.05) is 12.4 Å². The second-order valence-corrected chi connectivity index (χ2v) is 8.42. The van der Waals surface area contributed by atoms with Crippen LogP contribution in [0.25, 0.3) is 6.08 Å². The van der Waals surface area contributed by atoms with Crippen LogP contribution in [0.2, 0.25) is 0 Å². The molecule has 0 saturated carbocycles. The van der Waals surface area contributed by atoms with Crippen molar-refractivity contribution < 1.29 is 18.7 Å². The lowest BCUT2D eigenvalue weighted by Gasteiger charge is -2.11. The second kappa shape index (κ2) is 11.4. The number of aromatic nitrogens is 2. The van der Waals surface area contributed by atoms with Gasteiger partial charge >= 0.3 is 0 Å². The van der Waals surface area contributed by atoms with Gasteiger partial charge in [0, 0.05) is 29.0 Å². The number of benzene rings is 3. The number of anilines is 1. The fourth-order valence-electron chi connectivity index (χ4n) is 3.74. The molecule has 0 saturated heterocycles. The number of ether oxygens (including phenoxy) is 2. The topological polar surface area (TPSA) is 65.4 Å². The molecule has 6 nitrogen and oxygen atoms in total. The summed E-state index contributed by atoms with van der Waals surface area (Å²) in [5.74, 6) is 1.28. The van der Waals surface area contributed by atoms with Gasteiger partial charge in [0.1, 0.15) is 23.9 Å². The fraction of sp³-hybridized carbons (Fsp3) is 0.172. The van der Waals surface area contributed by atoms with E-state index >= 15 is 0 Å². The molecule has 1 amide bonds. The highest BCUT2D eigenvalue weighted by atomic mass is 19.1. The molecule has 36 heavy (non-hydrogen) atoms. The van der Waals surface area contributed by atoms with Crippen molar-refractivity contribution in [2.24, 2.45) is 0 Å². The van der Waals surface area contributed by atoms with Crippen molar-refractivity contribution >= 4 is 17.8 Å². The van der Waals surface area contributed by atoms with E-state index in [1.54, 1.807) is 42.1 Å². The van der Waals surface area contributed by atoms with E-state index in [2.05, 4.69) is 10.4 Å². The Labute approximate surface area is 210 Å². The molecule has 1 heterocycles. The van der Waals surface area contributed by atoms with Crippen molar-refractivity contribution in [1.82, 2.24) is 9.78 Å². The van der Waals surface area contributed by atoms with E-state index in [-0.39, 0.29) is 18.3 Å². The highest BCUT2D eigenvalue weighted by Crippen LogP contribution is 2.23. The van der Waals surface area contributed by atoms with E-state index in [9.17, 15) is 9.18 Å². The minimum atomic E-state index is -0.320. The van der Waals surface area contributed by atoms with Crippen LogP contribution in [0.4, 0.5) is 10.2 Å². The lowest BCUT2D eigenvalue weighted by atomic mass is 10.1. The number of rotatable bonds is 9. The van der Waals surface area contributed by atoms with Crippen LogP contribution >= 0.6 is 0 Å². The summed E-state index contributed by atoms with van der Waals surface area (Å²) in [5.41, 5.74) is 4.16. The standard InChI is InChI=1S/C29H28FN3O3/c1-20-7-6-9-25(15-20)36-19-24-17-22(11-13-27(24)35-3)12-14-29(34)31-28-16-21(2)33(32-28)18-23-8-4-5-10-26(23)30/h4-17H,18-19H2,1-3H3,(H,31,32,34)/b14-12+. The third kappa shape index (κ3) is 6.39. The first-order valence-electron chi connectivity index (χ1n) is 11.5. The predicted octanol–water partition coefficient (Wildman–Crippen LogP) is 5.93. The second-order valence-electron chi connectivity index (χ2n) is 8.42. The van der Waals surface area contributed by atoms with Crippen LogP contribution in [0.3, 0.4) is 0 Å². The molecule has 0 aliphatic carbocycles. The number of halogens is 1. The van der Waals surface area contributed by atoms with Gasteiger partial charge in [0.15, 0.2) is 5.82 Å². The highest BCUT2D eigenvalue weighted by molar-refractivity contribution is 6.01. The number of carbonyl (C=O) groups is 1. The van der Waals surface area contributed by atoms with Gasteiger partial charge in [0.2, 0.25) is 5.91 Å². The zero-order valence-electron chi connectivity index (χ0n) is 20.5. The smallest absolute Gasteiger partial charge is 0.249 e. The number of methoxy groups -OCH3 is 1. The molecular weight excluding hydrogens is 457 g/mol. The molecular formula is C29H28FN3O3. The summed E-state index contributed by atoms with van der Waals surface area (Å²) in [5, 5.41) is 7.15. The SMILES string of the molecule is COc1ccc(/C=C/C(=O)Nc2cc(C)n(Cc3ccccc3F)n2)cc1COc1cccc(C)c1. The van der Waals surface area contributed by atoms with Gasteiger partial charge in [-0.3, -0.25) is 9.48 Å². The molecule has 0 aliphatic rings. The lowest BCUT2D eigenvalue weighted by molar-refractivity contribution is -0.111. The Balaban J connectivity index is 1.40. The molecule has 0 radical (unpaired) electrons. The number of nitrogens with one attached hydrogen (secondary N) is 1. The van der Waals surface area contributed by atoms with Crippen LogP contribution < -0.4 is 14.8 Å². The van der Waals surface area contributed by atoms with Gasteiger partial charge in [-0.05, 0) is 61.4 Å². The predicted molar refractivity (Wildman–Crippen MR) is 139 cm³/mol. The van der Waals surface area contributed by atoms with Gasteiger partial charge < -0.3 is 14.8 Å². The summed E-state index contributed by atoms with van der Waals surface area (Å²) < 4.78 is 27.0. The largest absolute Gasteiger partial charge is 0.496 e. The molecule has 4 aromatic rings. The van der Waals surface area contributed by atoms with Gasteiger partial charge in [-0.2, -0.15) is 5.10 Å². The van der Waals surface area contributed by atoms with E-state index in [1.165, 1.54) is 12.1 Å². The quantitative estimate of drug-likeness (QED) is 0.299. The Morgan fingerprint density at radius 2 is 1.86 bits per heavy atom. The summed E-state index contributed by atoms with van der Waals surface area (Å²) >= 11 is 0. The third-order valence-electron chi connectivity index (χ3n) is 5.63. The zero-order valence-corrected chi connectivity index (χ0v) is 20.5. The normalized spacial score (nSPS) is 11.0. The van der Waals surface area contributed by atoms with E-state index < -0.39 is 0 Å². The van der Waals surface area contributed by atoms with E-state index in [4.69, 9.17) is 9.47 Å². The summed E-state index contributed by atoms with van der Waals surface area (Å²) in [4.78, 5) is 12.5. The number of hydrogen-bond donors (Lipinski definition) is 1. The van der Waals surface area contributed by atoms with Crippen LogP contribution in [0.1, 0.15) is 27.9 Å². The Morgan fingerprint density at radius 1 is 1.03 bits per heavy atom. The Hall–Kier alpha value is -4.39. The first-order valence-corrected chi connectivity index (χ1v) is 11.5.